The van der Waals surface area contributed by atoms with E-state index in [1.807, 2.05) is 6.92 Å². The lowest BCUT2D eigenvalue weighted by Crippen LogP contribution is -2.41. The van der Waals surface area contributed by atoms with Gasteiger partial charge in [-0.1, -0.05) is 54.9 Å². The van der Waals surface area contributed by atoms with Crippen LogP contribution in [0.5, 0.6) is 0 Å². The molecule has 4 nitrogen and oxygen atoms in total. The van der Waals surface area contributed by atoms with Gasteiger partial charge < -0.3 is 5.11 Å². The Morgan fingerprint density at radius 3 is 2.42 bits per heavy atom. The fraction of sp³-hybridized carbons (Fsp3) is 0.300. The number of carbonyl (C=O) groups excluding carboxylic acids is 1. The van der Waals surface area contributed by atoms with Gasteiger partial charge in [-0.25, -0.2) is 4.39 Å². The molecule has 1 atom stereocenters. The number of hydrogen-bond acceptors (Lipinski definition) is 3. The average molecular weight is 376 g/mol. The van der Waals surface area contributed by atoms with E-state index in [2.05, 4.69) is 5.32 Å². The third-order valence-corrected chi connectivity index (χ3v) is 5.09. The third kappa shape index (κ3) is 3.37. The Labute approximate surface area is 156 Å². The molecule has 0 heterocycles. The molecule has 2 aromatic carbocycles. The van der Waals surface area contributed by atoms with Crippen LogP contribution in [0.2, 0.25) is 5.02 Å². The summed E-state index contributed by atoms with van der Waals surface area (Å²) >= 11 is 6.11. The second-order valence-corrected chi connectivity index (χ2v) is 6.92. The molecule has 1 aliphatic rings. The molecule has 0 radical (unpaired) electrons. The Morgan fingerprint density at radius 1 is 1.23 bits per heavy atom. The van der Waals surface area contributed by atoms with Crippen LogP contribution in [-0.4, -0.2) is 22.4 Å². The highest BCUT2D eigenvalue weighted by Gasteiger charge is 2.51. The molecule has 6 heteroatoms. The Balaban J connectivity index is 1.99. The van der Waals surface area contributed by atoms with Gasteiger partial charge in [-0.05, 0) is 25.3 Å². The monoisotopic (exact) mass is 375 g/mol. The molecular formula is C20H19ClFNO3. The van der Waals surface area contributed by atoms with E-state index in [0.29, 0.717) is 24.8 Å². The number of carboxylic acid groups (broad SMARTS) is 1. The number of hydrogen-bond donors (Lipinski definition) is 2. The zero-order valence-corrected chi connectivity index (χ0v) is 15.0. The summed E-state index contributed by atoms with van der Waals surface area (Å²) in [5.41, 5.74) is -0.591. The standard InChI is InChI=1S/C20H19ClFNO3/c1-2-15(23-20(10-11-20)19(25)26)13-8-9-14(21)16(17(13)22)18(24)12-6-4-3-5-7-12/h3-9,15,23H,2,10-11H2,1H3,(H,25,26). The molecule has 1 fully saturated rings. The van der Waals surface area contributed by atoms with Crippen molar-refractivity contribution in [3.05, 3.63) is 70.0 Å². The molecule has 26 heavy (non-hydrogen) atoms. The number of benzene rings is 2. The van der Waals surface area contributed by atoms with E-state index >= 15 is 4.39 Å². The van der Waals surface area contributed by atoms with Crippen LogP contribution in [0.4, 0.5) is 4.39 Å². The molecule has 1 aliphatic carbocycles. The minimum Gasteiger partial charge on any atom is -0.480 e. The molecule has 0 saturated heterocycles. The van der Waals surface area contributed by atoms with Crippen LogP contribution in [-0.2, 0) is 4.79 Å². The molecule has 2 aromatic rings. The maximum Gasteiger partial charge on any atom is 0.323 e. The van der Waals surface area contributed by atoms with E-state index in [1.165, 1.54) is 12.1 Å². The van der Waals surface area contributed by atoms with Crippen molar-refractivity contribution in [1.82, 2.24) is 5.32 Å². The predicted octanol–water partition coefficient (Wildman–Crippen LogP) is 4.37. The first-order valence-electron chi connectivity index (χ1n) is 8.48. The summed E-state index contributed by atoms with van der Waals surface area (Å²) in [7, 11) is 0. The summed E-state index contributed by atoms with van der Waals surface area (Å²) in [4.78, 5) is 24.2. The molecule has 136 valence electrons. The van der Waals surface area contributed by atoms with E-state index < -0.39 is 29.2 Å². The molecule has 0 aromatic heterocycles. The number of carboxylic acids is 1. The lowest BCUT2D eigenvalue weighted by Gasteiger charge is -2.23. The second-order valence-electron chi connectivity index (χ2n) is 6.51. The van der Waals surface area contributed by atoms with Gasteiger partial charge in [0.15, 0.2) is 5.78 Å². The fourth-order valence-electron chi connectivity index (χ4n) is 3.06. The van der Waals surface area contributed by atoms with Gasteiger partial charge in [0.25, 0.3) is 0 Å². The Hall–Kier alpha value is -2.24. The van der Waals surface area contributed by atoms with Gasteiger partial charge in [0.1, 0.15) is 11.4 Å². The third-order valence-electron chi connectivity index (χ3n) is 4.78. The normalized spacial score (nSPS) is 16.1. The molecule has 2 N–H and O–H groups in total. The molecule has 0 aliphatic heterocycles. The fourth-order valence-corrected chi connectivity index (χ4v) is 3.29. The maximum atomic E-state index is 15.2. The second kappa shape index (κ2) is 7.17. The van der Waals surface area contributed by atoms with E-state index in [1.54, 1.807) is 30.3 Å². The first kappa shape index (κ1) is 18.5. The lowest BCUT2D eigenvalue weighted by atomic mass is 9.95. The quantitative estimate of drug-likeness (QED) is 0.705. The highest BCUT2D eigenvalue weighted by Crippen LogP contribution is 2.39. The number of carbonyl (C=O) groups is 2. The van der Waals surface area contributed by atoms with E-state index in [4.69, 9.17) is 11.6 Å². The zero-order valence-electron chi connectivity index (χ0n) is 14.3. The number of aliphatic carboxylic acids is 1. The van der Waals surface area contributed by atoms with Crippen molar-refractivity contribution in [3.63, 3.8) is 0 Å². The van der Waals surface area contributed by atoms with Crippen molar-refractivity contribution in [3.8, 4) is 0 Å². The first-order valence-corrected chi connectivity index (χ1v) is 8.86. The number of ketones is 1. The molecule has 0 spiro atoms. The van der Waals surface area contributed by atoms with E-state index in [-0.39, 0.29) is 16.1 Å². The highest BCUT2D eigenvalue weighted by molar-refractivity contribution is 6.35. The summed E-state index contributed by atoms with van der Waals surface area (Å²) < 4.78 is 15.2. The summed E-state index contributed by atoms with van der Waals surface area (Å²) in [5.74, 6) is -2.14. The Kier molecular flexibility index (Phi) is 5.12. The topological polar surface area (TPSA) is 66.4 Å². The first-order chi connectivity index (χ1) is 12.4. The van der Waals surface area contributed by atoms with Crippen molar-refractivity contribution in [2.75, 3.05) is 0 Å². The zero-order chi connectivity index (χ0) is 18.9. The number of halogens is 2. The highest BCUT2D eigenvalue weighted by atomic mass is 35.5. The predicted molar refractivity (Wildman–Crippen MR) is 97.1 cm³/mol. The van der Waals surface area contributed by atoms with Gasteiger partial charge in [-0.3, -0.25) is 14.9 Å². The minimum atomic E-state index is -1.00. The smallest absolute Gasteiger partial charge is 0.323 e. The summed E-state index contributed by atoms with van der Waals surface area (Å²) in [6.45, 7) is 1.84. The molecular weight excluding hydrogens is 357 g/mol. The van der Waals surface area contributed by atoms with E-state index in [0.717, 1.165) is 0 Å². The average Bonchev–Trinajstić information content (AvgIpc) is 3.42. The Morgan fingerprint density at radius 2 is 1.88 bits per heavy atom. The van der Waals surface area contributed by atoms with Crippen molar-refractivity contribution in [2.24, 2.45) is 0 Å². The molecule has 0 bridgehead atoms. The van der Waals surface area contributed by atoms with Crippen LogP contribution >= 0.6 is 11.6 Å². The van der Waals surface area contributed by atoms with Crippen molar-refractivity contribution in [1.29, 1.82) is 0 Å². The van der Waals surface area contributed by atoms with Crippen LogP contribution < -0.4 is 5.32 Å². The van der Waals surface area contributed by atoms with Crippen LogP contribution in [0.15, 0.2) is 42.5 Å². The van der Waals surface area contributed by atoms with Crippen LogP contribution in [0.3, 0.4) is 0 Å². The summed E-state index contributed by atoms with van der Waals surface area (Å²) in [6.07, 6.45) is 1.49. The van der Waals surface area contributed by atoms with Gasteiger partial charge in [0, 0.05) is 17.2 Å². The maximum absolute atomic E-state index is 15.2. The van der Waals surface area contributed by atoms with Gasteiger partial charge in [-0.2, -0.15) is 0 Å². The summed E-state index contributed by atoms with van der Waals surface area (Å²) in [6, 6.07) is 10.8. The van der Waals surface area contributed by atoms with Crippen LogP contribution in [0.1, 0.15) is 53.7 Å². The van der Waals surface area contributed by atoms with Crippen LogP contribution in [0, 0.1) is 5.82 Å². The van der Waals surface area contributed by atoms with Crippen molar-refractivity contribution < 1.29 is 19.1 Å². The molecule has 0 amide bonds. The summed E-state index contributed by atoms with van der Waals surface area (Å²) in [5, 5.41) is 12.4. The minimum absolute atomic E-state index is 0.0364. The number of rotatable bonds is 7. The largest absolute Gasteiger partial charge is 0.480 e. The van der Waals surface area contributed by atoms with E-state index in [9.17, 15) is 14.7 Å². The van der Waals surface area contributed by atoms with Crippen LogP contribution in [0.25, 0.3) is 0 Å². The molecule has 1 unspecified atom stereocenters. The van der Waals surface area contributed by atoms with Gasteiger partial charge in [0.05, 0.1) is 10.6 Å². The lowest BCUT2D eigenvalue weighted by molar-refractivity contribution is -0.141. The molecule has 3 rings (SSSR count). The van der Waals surface area contributed by atoms with Gasteiger partial charge >= 0.3 is 5.97 Å². The Bertz CT molecular complexity index is 850. The van der Waals surface area contributed by atoms with Crippen molar-refractivity contribution >= 4 is 23.4 Å². The molecule has 1 saturated carbocycles. The number of nitrogens with one attached hydrogen (secondary N) is 1. The van der Waals surface area contributed by atoms with Gasteiger partial charge in [0.2, 0.25) is 0 Å². The van der Waals surface area contributed by atoms with Crippen molar-refractivity contribution in [2.45, 2.75) is 37.8 Å². The van der Waals surface area contributed by atoms with Gasteiger partial charge in [-0.15, -0.1) is 0 Å². The SMILES string of the molecule is CCC(NC1(C(=O)O)CC1)c1ccc(Cl)c(C(=O)c2ccccc2)c1F.